The minimum atomic E-state index is 0.382. The Kier molecular flexibility index (Phi) is 6.04. The van der Waals surface area contributed by atoms with Crippen LogP contribution >= 0.6 is 0 Å². The minimum Gasteiger partial charge on any atom is -0.382 e. The molecule has 90 valence electrons. The van der Waals surface area contributed by atoms with Crippen LogP contribution in [0.1, 0.15) is 36.9 Å². The Morgan fingerprint density at radius 2 is 2.25 bits per heavy atom. The van der Waals surface area contributed by atoms with E-state index in [-0.39, 0.29) is 0 Å². The molecule has 0 aromatic carbocycles. The first-order chi connectivity index (χ1) is 7.77. The number of aromatic nitrogens is 1. The number of aryl methyl sites for hydroxylation is 1. The maximum absolute atomic E-state index is 5.34. The molecule has 1 rings (SSSR count). The number of ether oxygens (including phenoxy) is 1. The summed E-state index contributed by atoms with van der Waals surface area (Å²) in [6.45, 7) is 5.74. The van der Waals surface area contributed by atoms with Gasteiger partial charge >= 0.3 is 0 Å². The molecule has 1 N–H and O–H groups in total. The summed E-state index contributed by atoms with van der Waals surface area (Å²) in [5.41, 5.74) is 2.47. The van der Waals surface area contributed by atoms with Crippen molar-refractivity contribution in [2.45, 2.75) is 32.7 Å². The van der Waals surface area contributed by atoms with Crippen LogP contribution in [0, 0.1) is 6.92 Å². The van der Waals surface area contributed by atoms with Crippen LogP contribution in [-0.2, 0) is 4.74 Å². The Morgan fingerprint density at radius 1 is 1.44 bits per heavy atom. The quantitative estimate of drug-likeness (QED) is 0.720. The van der Waals surface area contributed by atoms with Crippen molar-refractivity contribution in [2.75, 3.05) is 20.3 Å². The van der Waals surface area contributed by atoms with Crippen molar-refractivity contribution in [3.8, 4) is 0 Å². The highest BCUT2D eigenvalue weighted by atomic mass is 16.5. The molecule has 3 nitrogen and oxygen atoms in total. The molecule has 1 atom stereocenters. The Bertz CT molecular complexity index is 302. The summed E-state index contributed by atoms with van der Waals surface area (Å²) in [6.07, 6.45) is 5.99. The third kappa shape index (κ3) is 4.29. The van der Waals surface area contributed by atoms with Crippen molar-refractivity contribution in [3.05, 3.63) is 29.6 Å². The second-order valence-corrected chi connectivity index (χ2v) is 3.98. The Morgan fingerprint density at radius 3 is 2.88 bits per heavy atom. The van der Waals surface area contributed by atoms with E-state index in [0.717, 1.165) is 26.1 Å². The highest BCUT2D eigenvalue weighted by molar-refractivity contribution is 5.19. The van der Waals surface area contributed by atoms with Gasteiger partial charge in [0.1, 0.15) is 0 Å². The molecule has 1 unspecified atom stereocenters. The smallest absolute Gasteiger partial charge is 0.0466 e. The van der Waals surface area contributed by atoms with E-state index in [1.807, 2.05) is 26.4 Å². The number of nitrogens with zero attached hydrogens (tertiary/aromatic N) is 1. The summed E-state index contributed by atoms with van der Waals surface area (Å²) in [4.78, 5) is 4.23. The molecule has 0 aliphatic rings. The molecule has 3 heteroatoms. The number of hydrogen-bond acceptors (Lipinski definition) is 3. The van der Waals surface area contributed by atoms with E-state index in [1.54, 1.807) is 0 Å². The van der Waals surface area contributed by atoms with Crippen LogP contribution in [0.3, 0.4) is 0 Å². The SMILES string of the molecule is CCOCCCC(NC)c1cncc(C)c1. The second kappa shape index (κ2) is 7.36. The van der Waals surface area contributed by atoms with E-state index >= 15 is 0 Å². The summed E-state index contributed by atoms with van der Waals surface area (Å²) < 4.78 is 5.34. The molecule has 1 heterocycles. The Hall–Kier alpha value is -0.930. The zero-order chi connectivity index (χ0) is 11.8. The second-order valence-electron chi connectivity index (χ2n) is 3.98. The molecular formula is C13H22N2O. The lowest BCUT2D eigenvalue weighted by molar-refractivity contribution is 0.141. The molecule has 0 saturated heterocycles. The topological polar surface area (TPSA) is 34.1 Å². The highest BCUT2D eigenvalue weighted by Gasteiger charge is 2.08. The summed E-state index contributed by atoms with van der Waals surface area (Å²) >= 11 is 0. The fourth-order valence-corrected chi connectivity index (χ4v) is 1.78. The van der Waals surface area contributed by atoms with Crippen molar-refractivity contribution >= 4 is 0 Å². The van der Waals surface area contributed by atoms with Crippen molar-refractivity contribution in [2.24, 2.45) is 0 Å². The van der Waals surface area contributed by atoms with E-state index in [2.05, 4.69) is 23.3 Å². The molecule has 0 aliphatic carbocycles. The molecule has 0 fully saturated rings. The van der Waals surface area contributed by atoms with Crippen molar-refractivity contribution in [3.63, 3.8) is 0 Å². The minimum absolute atomic E-state index is 0.382. The first kappa shape index (κ1) is 13.1. The third-order valence-electron chi connectivity index (χ3n) is 2.63. The van der Waals surface area contributed by atoms with Gasteiger partial charge in [-0.3, -0.25) is 4.98 Å². The lowest BCUT2D eigenvalue weighted by Crippen LogP contribution is -2.17. The van der Waals surface area contributed by atoms with Crippen molar-refractivity contribution in [1.29, 1.82) is 0 Å². The summed E-state index contributed by atoms with van der Waals surface area (Å²) in [6, 6.07) is 2.57. The van der Waals surface area contributed by atoms with Crippen LogP contribution in [0.2, 0.25) is 0 Å². The largest absolute Gasteiger partial charge is 0.382 e. The number of hydrogen-bond donors (Lipinski definition) is 1. The fourth-order valence-electron chi connectivity index (χ4n) is 1.78. The van der Waals surface area contributed by atoms with Gasteiger partial charge in [0, 0.05) is 31.6 Å². The van der Waals surface area contributed by atoms with Crippen LogP contribution < -0.4 is 5.32 Å². The van der Waals surface area contributed by atoms with Gasteiger partial charge in [0.15, 0.2) is 0 Å². The van der Waals surface area contributed by atoms with Gasteiger partial charge in [-0.1, -0.05) is 6.07 Å². The predicted molar refractivity (Wildman–Crippen MR) is 66.5 cm³/mol. The molecule has 0 spiro atoms. The first-order valence-corrected chi connectivity index (χ1v) is 5.94. The van der Waals surface area contributed by atoms with Gasteiger partial charge in [0.25, 0.3) is 0 Å². The molecule has 1 aromatic rings. The molecule has 0 radical (unpaired) electrons. The Labute approximate surface area is 98.2 Å². The van der Waals surface area contributed by atoms with Crippen LogP contribution in [0.5, 0.6) is 0 Å². The van der Waals surface area contributed by atoms with Gasteiger partial charge in [0.2, 0.25) is 0 Å². The molecule has 0 amide bonds. The molecule has 0 saturated carbocycles. The van der Waals surface area contributed by atoms with E-state index in [0.29, 0.717) is 6.04 Å². The van der Waals surface area contributed by atoms with Gasteiger partial charge in [-0.2, -0.15) is 0 Å². The fraction of sp³-hybridized carbons (Fsp3) is 0.615. The standard InChI is InChI=1S/C13H22N2O/c1-4-16-7-5-6-13(14-3)12-8-11(2)9-15-10-12/h8-10,13-14H,4-7H2,1-3H3. The van der Waals surface area contributed by atoms with Gasteiger partial charge in [-0.25, -0.2) is 0 Å². The van der Waals surface area contributed by atoms with Crippen LogP contribution in [0.25, 0.3) is 0 Å². The highest BCUT2D eigenvalue weighted by Crippen LogP contribution is 2.17. The van der Waals surface area contributed by atoms with Gasteiger partial charge in [-0.05, 0) is 44.9 Å². The molecule has 1 aromatic heterocycles. The predicted octanol–water partition coefficient (Wildman–Crippen LogP) is 2.47. The van der Waals surface area contributed by atoms with Crippen LogP contribution in [-0.4, -0.2) is 25.2 Å². The third-order valence-corrected chi connectivity index (χ3v) is 2.63. The zero-order valence-corrected chi connectivity index (χ0v) is 10.5. The summed E-state index contributed by atoms with van der Waals surface area (Å²) in [5, 5.41) is 3.33. The van der Waals surface area contributed by atoms with E-state index < -0.39 is 0 Å². The van der Waals surface area contributed by atoms with Crippen LogP contribution in [0.4, 0.5) is 0 Å². The molecule has 16 heavy (non-hydrogen) atoms. The lowest BCUT2D eigenvalue weighted by Gasteiger charge is -2.16. The average molecular weight is 222 g/mol. The van der Waals surface area contributed by atoms with Gasteiger partial charge < -0.3 is 10.1 Å². The summed E-state index contributed by atoms with van der Waals surface area (Å²) in [5.74, 6) is 0. The Balaban J connectivity index is 2.47. The number of nitrogens with one attached hydrogen (secondary N) is 1. The van der Waals surface area contributed by atoms with Crippen molar-refractivity contribution in [1.82, 2.24) is 10.3 Å². The number of rotatable bonds is 7. The summed E-state index contributed by atoms with van der Waals surface area (Å²) in [7, 11) is 1.99. The van der Waals surface area contributed by atoms with Gasteiger partial charge in [0.05, 0.1) is 0 Å². The maximum atomic E-state index is 5.34. The zero-order valence-electron chi connectivity index (χ0n) is 10.5. The van der Waals surface area contributed by atoms with Gasteiger partial charge in [-0.15, -0.1) is 0 Å². The van der Waals surface area contributed by atoms with Crippen molar-refractivity contribution < 1.29 is 4.74 Å². The monoisotopic (exact) mass is 222 g/mol. The van der Waals surface area contributed by atoms with Crippen LogP contribution in [0.15, 0.2) is 18.5 Å². The van der Waals surface area contributed by atoms with E-state index in [4.69, 9.17) is 4.74 Å². The molecule has 0 aliphatic heterocycles. The first-order valence-electron chi connectivity index (χ1n) is 5.94. The molecular weight excluding hydrogens is 200 g/mol. The van der Waals surface area contributed by atoms with E-state index in [9.17, 15) is 0 Å². The molecule has 0 bridgehead atoms. The van der Waals surface area contributed by atoms with E-state index in [1.165, 1.54) is 11.1 Å². The maximum Gasteiger partial charge on any atom is 0.0466 e. The average Bonchev–Trinajstić information content (AvgIpc) is 2.29. The normalized spacial score (nSPS) is 12.7. The lowest BCUT2D eigenvalue weighted by atomic mass is 10.0. The number of pyridine rings is 1.